The van der Waals surface area contributed by atoms with Gasteiger partial charge in [0.25, 0.3) is 0 Å². The molecule has 0 spiro atoms. The summed E-state index contributed by atoms with van der Waals surface area (Å²) in [5.74, 6) is 0. The fourth-order valence-electron chi connectivity index (χ4n) is 1.86. The highest BCUT2D eigenvalue weighted by Gasteiger charge is 2.01. The lowest BCUT2D eigenvalue weighted by Crippen LogP contribution is -2.29. The number of rotatable bonds is 8. The van der Waals surface area contributed by atoms with Crippen LogP contribution in [0.4, 0.5) is 5.69 Å². The van der Waals surface area contributed by atoms with Gasteiger partial charge in [0.1, 0.15) is 0 Å². The highest BCUT2D eigenvalue weighted by molar-refractivity contribution is 5.45. The predicted octanol–water partition coefficient (Wildman–Crippen LogP) is 2.18. The second-order valence-corrected chi connectivity index (χ2v) is 5.05. The van der Waals surface area contributed by atoms with Crippen molar-refractivity contribution >= 4 is 5.69 Å². The Morgan fingerprint density at radius 3 is 2.22 bits per heavy atom. The van der Waals surface area contributed by atoms with Crippen molar-refractivity contribution in [2.24, 2.45) is 0 Å². The molecule has 0 aliphatic rings. The first-order valence-electron chi connectivity index (χ1n) is 6.79. The van der Waals surface area contributed by atoms with Crippen molar-refractivity contribution in [3.05, 3.63) is 29.8 Å². The van der Waals surface area contributed by atoms with E-state index in [2.05, 4.69) is 67.4 Å². The standard InChI is InChI=1S/C15H27N3/c1-5-10-16-11-12-18(4)13-14-6-8-15(9-7-14)17(2)3/h6-9,16H,5,10-13H2,1-4H3. The van der Waals surface area contributed by atoms with Crippen LogP contribution >= 0.6 is 0 Å². The van der Waals surface area contributed by atoms with E-state index in [4.69, 9.17) is 0 Å². The number of hydrogen-bond donors (Lipinski definition) is 1. The van der Waals surface area contributed by atoms with E-state index in [0.29, 0.717) is 0 Å². The number of benzene rings is 1. The van der Waals surface area contributed by atoms with E-state index in [0.717, 1.165) is 26.2 Å². The second-order valence-electron chi connectivity index (χ2n) is 5.05. The van der Waals surface area contributed by atoms with Crippen molar-refractivity contribution in [2.45, 2.75) is 19.9 Å². The van der Waals surface area contributed by atoms with E-state index >= 15 is 0 Å². The summed E-state index contributed by atoms with van der Waals surface area (Å²) in [6.45, 7) is 6.49. The van der Waals surface area contributed by atoms with Gasteiger partial charge < -0.3 is 15.1 Å². The van der Waals surface area contributed by atoms with Gasteiger partial charge in [0, 0.05) is 39.4 Å². The largest absolute Gasteiger partial charge is 0.378 e. The maximum atomic E-state index is 3.43. The summed E-state index contributed by atoms with van der Waals surface area (Å²) < 4.78 is 0. The van der Waals surface area contributed by atoms with Crippen molar-refractivity contribution in [1.82, 2.24) is 10.2 Å². The highest BCUT2D eigenvalue weighted by Crippen LogP contribution is 2.13. The van der Waals surface area contributed by atoms with Crippen molar-refractivity contribution < 1.29 is 0 Å². The molecule has 0 radical (unpaired) electrons. The van der Waals surface area contributed by atoms with Crippen LogP contribution in [0.15, 0.2) is 24.3 Å². The summed E-state index contributed by atoms with van der Waals surface area (Å²) in [5.41, 5.74) is 2.63. The molecule has 0 fully saturated rings. The van der Waals surface area contributed by atoms with Gasteiger partial charge in [-0.05, 0) is 37.7 Å². The van der Waals surface area contributed by atoms with Gasteiger partial charge in [-0.25, -0.2) is 0 Å². The lowest BCUT2D eigenvalue weighted by molar-refractivity contribution is 0.324. The maximum Gasteiger partial charge on any atom is 0.0361 e. The van der Waals surface area contributed by atoms with E-state index in [1.807, 2.05) is 0 Å². The Labute approximate surface area is 112 Å². The second kappa shape index (κ2) is 8.11. The molecule has 102 valence electrons. The molecule has 18 heavy (non-hydrogen) atoms. The van der Waals surface area contributed by atoms with Crippen molar-refractivity contribution in [2.75, 3.05) is 45.7 Å². The van der Waals surface area contributed by atoms with Crippen LogP contribution in [0.5, 0.6) is 0 Å². The number of nitrogens with one attached hydrogen (secondary N) is 1. The van der Waals surface area contributed by atoms with Crippen LogP contribution in [0.2, 0.25) is 0 Å². The quantitative estimate of drug-likeness (QED) is 0.713. The number of anilines is 1. The molecule has 0 aliphatic heterocycles. The van der Waals surface area contributed by atoms with Gasteiger partial charge >= 0.3 is 0 Å². The third-order valence-electron chi connectivity index (χ3n) is 3.00. The zero-order chi connectivity index (χ0) is 13.4. The minimum absolute atomic E-state index is 1.02. The maximum absolute atomic E-state index is 3.43. The van der Waals surface area contributed by atoms with Crippen LogP contribution in [-0.4, -0.2) is 45.7 Å². The summed E-state index contributed by atoms with van der Waals surface area (Å²) in [6, 6.07) is 8.79. The van der Waals surface area contributed by atoms with Gasteiger partial charge in [0.15, 0.2) is 0 Å². The number of hydrogen-bond acceptors (Lipinski definition) is 3. The number of nitrogens with zero attached hydrogens (tertiary/aromatic N) is 2. The summed E-state index contributed by atoms with van der Waals surface area (Å²) in [7, 11) is 6.31. The third-order valence-corrected chi connectivity index (χ3v) is 3.00. The first-order valence-corrected chi connectivity index (χ1v) is 6.79. The smallest absolute Gasteiger partial charge is 0.0361 e. The van der Waals surface area contributed by atoms with E-state index in [9.17, 15) is 0 Å². The molecule has 0 amide bonds. The molecule has 1 N–H and O–H groups in total. The fraction of sp³-hybridized carbons (Fsp3) is 0.600. The Morgan fingerprint density at radius 2 is 1.67 bits per heavy atom. The summed E-state index contributed by atoms with van der Waals surface area (Å²) in [6.07, 6.45) is 1.20. The van der Waals surface area contributed by atoms with Gasteiger partial charge in [0.2, 0.25) is 0 Å². The molecular weight excluding hydrogens is 222 g/mol. The van der Waals surface area contributed by atoms with Gasteiger partial charge in [0.05, 0.1) is 0 Å². The Morgan fingerprint density at radius 1 is 1.00 bits per heavy atom. The predicted molar refractivity (Wildman–Crippen MR) is 80.3 cm³/mol. The molecule has 1 rings (SSSR count). The van der Waals surface area contributed by atoms with Crippen molar-refractivity contribution in [3.63, 3.8) is 0 Å². The average Bonchev–Trinajstić information content (AvgIpc) is 2.35. The molecule has 0 heterocycles. The molecule has 0 unspecified atom stereocenters. The Bertz CT molecular complexity index is 319. The topological polar surface area (TPSA) is 18.5 Å². The summed E-state index contributed by atoms with van der Waals surface area (Å²) in [5, 5.41) is 3.43. The van der Waals surface area contributed by atoms with E-state index in [1.165, 1.54) is 17.7 Å². The number of likely N-dealkylation sites (N-methyl/N-ethyl adjacent to an activating group) is 1. The van der Waals surface area contributed by atoms with Crippen LogP contribution in [0, 0.1) is 0 Å². The van der Waals surface area contributed by atoms with E-state index in [1.54, 1.807) is 0 Å². The van der Waals surface area contributed by atoms with Gasteiger partial charge in [-0.15, -0.1) is 0 Å². The molecule has 0 atom stereocenters. The first-order chi connectivity index (χ1) is 8.63. The van der Waals surface area contributed by atoms with Gasteiger partial charge in [-0.1, -0.05) is 19.1 Å². The Balaban J connectivity index is 2.32. The van der Waals surface area contributed by atoms with Crippen LogP contribution in [-0.2, 0) is 6.54 Å². The molecule has 3 nitrogen and oxygen atoms in total. The molecule has 0 saturated carbocycles. The zero-order valence-electron chi connectivity index (χ0n) is 12.2. The minimum Gasteiger partial charge on any atom is -0.378 e. The first kappa shape index (κ1) is 15.0. The summed E-state index contributed by atoms with van der Waals surface area (Å²) >= 11 is 0. The molecule has 1 aromatic rings. The van der Waals surface area contributed by atoms with E-state index in [-0.39, 0.29) is 0 Å². The lowest BCUT2D eigenvalue weighted by atomic mass is 10.2. The normalized spacial score (nSPS) is 10.9. The van der Waals surface area contributed by atoms with E-state index < -0.39 is 0 Å². The fourth-order valence-corrected chi connectivity index (χ4v) is 1.86. The molecule has 0 bridgehead atoms. The molecule has 0 saturated heterocycles. The molecule has 3 heteroatoms. The van der Waals surface area contributed by atoms with Crippen LogP contribution in [0.25, 0.3) is 0 Å². The molecule has 0 aromatic heterocycles. The van der Waals surface area contributed by atoms with Crippen LogP contribution in [0.3, 0.4) is 0 Å². The Kier molecular flexibility index (Phi) is 6.76. The highest BCUT2D eigenvalue weighted by atomic mass is 15.1. The van der Waals surface area contributed by atoms with Crippen molar-refractivity contribution in [3.8, 4) is 0 Å². The average molecular weight is 249 g/mol. The monoisotopic (exact) mass is 249 g/mol. The lowest BCUT2D eigenvalue weighted by Gasteiger charge is -2.18. The molecular formula is C15H27N3. The van der Waals surface area contributed by atoms with Crippen molar-refractivity contribution in [1.29, 1.82) is 0 Å². The van der Waals surface area contributed by atoms with Crippen LogP contribution in [0.1, 0.15) is 18.9 Å². The van der Waals surface area contributed by atoms with Crippen LogP contribution < -0.4 is 10.2 Å². The SMILES string of the molecule is CCCNCCN(C)Cc1ccc(N(C)C)cc1. The summed E-state index contributed by atoms with van der Waals surface area (Å²) in [4.78, 5) is 4.48. The third kappa shape index (κ3) is 5.52. The Hall–Kier alpha value is -1.06. The van der Waals surface area contributed by atoms with Gasteiger partial charge in [-0.2, -0.15) is 0 Å². The minimum atomic E-state index is 1.02. The molecule has 1 aromatic carbocycles. The molecule has 0 aliphatic carbocycles. The zero-order valence-corrected chi connectivity index (χ0v) is 12.2. The van der Waals surface area contributed by atoms with Gasteiger partial charge in [-0.3, -0.25) is 0 Å².